The average Bonchev–Trinajstić information content (AvgIpc) is 2.35. The van der Waals surface area contributed by atoms with E-state index >= 15 is 0 Å². The van der Waals surface area contributed by atoms with E-state index in [4.69, 9.17) is 9.47 Å². The molecule has 92 valence electrons. The van der Waals surface area contributed by atoms with Gasteiger partial charge in [-0.2, -0.15) is 0 Å². The summed E-state index contributed by atoms with van der Waals surface area (Å²) < 4.78 is 10.4. The normalized spacial score (nSPS) is 11.4. The Labute approximate surface area is 103 Å². The van der Waals surface area contributed by atoms with Crippen molar-refractivity contribution in [2.45, 2.75) is 6.92 Å². The molecule has 0 aliphatic heterocycles. The van der Waals surface area contributed by atoms with E-state index in [-0.39, 0.29) is 0 Å². The van der Waals surface area contributed by atoms with Crippen LogP contribution in [-0.2, 0) is 4.74 Å². The molecule has 0 N–H and O–H groups in total. The summed E-state index contributed by atoms with van der Waals surface area (Å²) in [5.74, 6) is 0.819. The molecule has 0 saturated carbocycles. The highest BCUT2D eigenvalue weighted by Gasteiger charge is 2.10. The Bertz CT molecular complexity index is 436. The highest BCUT2D eigenvalue weighted by atomic mass is 16.5. The summed E-state index contributed by atoms with van der Waals surface area (Å²) in [6, 6.07) is 5.88. The summed E-state index contributed by atoms with van der Waals surface area (Å²) in [4.78, 5) is 4.26. The van der Waals surface area contributed by atoms with Crippen LogP contribution in [0.4, 0.5) is 0 Å². The molecule has 0 unspecified atom stereocenters. The van der Waals surface area contributed by atoms with E-state index < -0.39 is 0 Å². The SMILES string of the molecule is C=C(C)c1cc(OC)ccc1C(COC)=NC. The van der Waals surface area contributed by atoms with Crippen LogP contribution in [-0.4, -0.2) is 33.6 Å². The number of hydrogen-bond acceptors (Lipinski definition) is 3. The van der Waals surface area contributed by atoms with Crippen molar-refractivity contribution >= 4 is 11.3 Å². The maximum absolute atomic E-state index is 5.22. The van der Waals surface area contributed by atoms with Gasteiger partial charge in [0.25, 0.3) is 0 Å². The molecule has 0 amide bonds. The Morgan fingerprint density at radius 1 is 1.29 bits per heavy atom. The summed E-state index contributed by atoms with van der Waals surface area (Å²) in [5.41, 5.74) is 3.98. The minimum atomic E-state index is 0.489. The Kier molecular flexibility index (Phi) is 4.91. The third-order valence-electron chi connectivity index (χ3n) is 2.55. The van der Waals surface area contributed by atoms with Gasteiger partial charge in [0.15, 0.2) is 0 Å². The fraction of sp³-hybridized carbons (Fsp3) is 0.357. The predicted octanol–water partition coefficient (Wildman–Crippen LogP) is 2.79. The Morgan fingerprint density at radius 2 is 2.00 bits per heavy atom. The maximum Gasteiger partial charge on any atom is 0.119 e. The maximum atomic E-state index is 5.22. The van der Waals surface area contributed by atoms with Gasteiger partial charge in [0.05, 0.1) is 19.4 Å². The highest BCUT2D eigenvalue weighted by Crippen LogP contribution is 2.24. The van der Waals surface area contributed by atoms with Crippen LogP contribution in [0.25, 0.3) is 5.57 Å². The second-order valence-electron chi connectivity index (χ2n) is 3.80. The second kappa shape index (κ2) is 6.21. The molecule has 1 rings (SSSR count). The van der Waals surface area contributed by atoms with E-state index in [1.807, 2.05) is 25.1 Å². The summed E-state index contributed by atoms with van der Waals surface area (Å²) in [6.45, 7) is 6.45. The van der Waals surface area contributed by atoms with Gasteiger partial charge in [-0.1, -0.05) is 12.2 Å². The molecule has 0 aliphatic carbocycles. The minimum absolute atomic E-state index is 0.489. The summed E-state index contributed by atoms with van der Waals surface area (Å²) in [5, 5.41) is 0. The molecular weight excluding hydrogens is 214 g/mol. The van der Waals surface area contributed by atoms with Crippen molar-refractivity contribution in [2.75, 3.05) is 27.9 Å². The zero-order valence-electron chi connectivity index (χ0n) is 10.9. The quantitative estimate of drug-likeness (QED) is 0.732. The fourth-order valence-corrected chi connectivity index (χ4v) is 1.65. The summed E-state index contributed by atoms with van der Waals surface area (Å²) in [6.07, 6.45) is 0. The first kappa shape index (κ1) is 13.5. The highest BCUT2D eigenvalue weighted by molar-refractivity contribution is 6.05. The van der Waals surface area contributed by atoms with Crippen LogP contribution in [0.1, 0.15) is 18.1 Å². The molecule has 3 heteroatoms. The van der Waals surface area contributed by atoms with Crippen molar-refractivity contribution < 1.29 is 9.47 Å². The first-order valence-corrected chi connectivity index (χ1v) is 5.43. The van der Waals surface area contributed by atoms with Gasteiger partial charge in [-0.3, -0.25) is 4.99 Å². The molecule has 17 heavy (non-hydrogen) atoms. The number of aliphatic imine (C=N–C) groups is 1. The molecule has 0 bridgehead atoms. The van der Waals surface area contributed by atoms with Crippen LogP contribution < -0.4 is 4.74 Å². The Morgan fingerprint density at radius 3 is 2.47 bits per heavy atom. The number of rotatable bonds is 5. The van der Waals surface area contributed by atoms with E-state index in [9.17, 15) is 0 Å². The number of methoxy groups -OCH3 is 2. The van der Waals surface area contributed by atoms with Crippen LogP contribution in [0.15, 0.2) is 29.8 Å². The minimum Gasteiger partial charge on any atom is -0.497 e. The molecule has 0 atom stereocenters. The smallest absolute Gasteiger partial charge is 0.119 e. The lowest BCUT2D eigenvalue weighted by Crippen LogP contribution is -2.11. The number of benzene rings is 1. The van der Waals surface area contributed by atoms with Crippen LogP contribution in [0.3, 0.4) is 0 Å². The predicted molar refractivity (Wildman–Crippen MR) is 72.0 cm³/mol. The fourth-order valence-electron chi connectivity index (χ4n) is 1.65. The van der Waals surface area contributed by atoms with Gasteiger partial charge in [-0.05, 0) is 30.7 Å². The third-order valence-corrected chi connectivity index (χ3v) is 2.55. The van der Waals surface area contributed by atoms with E-state index in [2.05, 4.69) is 11.6 Å². The van der Waals surface area contributed by atoms with Gasteiger partial charge in [0, 0.05) is 19.7 Å². The Balaban J connectivity index is 3.27. The molecule has 0 radical (unpaired) electrons. The van der Waals surface area contributed by atoms with E-state index in [1.54, 1.807) is 21.3 Å². The molecule has 0 fully saturated rings. The largest absolute Gasteiger partial charge is 0.497 e. The first-order chi connectivity index (χ1) is 8.13. The molecule has 1 aromatic carbocycles. The van der Waals surface area contributed by atoms with E-state index in [1.165, 1.54) is 0 Å². The van der Waals surface area contributed by atoms with Crippen LogP contribution in [0.5, 0.6) is 5.75 Å². The van der Waals surface area contributed by atoms with Crippen molar-refractivity contribution in [3.63, 3.8) is 0 Å². The third kappa shape index (κ3) is 3.17. The van der Waals surface area contributed by atoms with Crippen LogP contribution in [0.2, 0.25) is 0 Å². The van der Waals surface area contributed by atoms with Gasteiger partial charge >= 0.3 is 0 Å². The Hall–Kier alpha value is -1.61. The molecule has 0 aliphatic rings. The van der Waals surface area contributed by atoms with E-state index in [0.29, 0.717) is 6.61 Å². The van der Waals surface area contributed by atoms with Crippen molar-refractivity contribution in [1.82, 2.24) is 0 Å². The number of hydrogen-bond donors (Lipinski definition) is 0. The van der Waals surface area contributed by atoms with Crippen molar-refractivity contribution in [3.8, 4) is 5.75 Å². The van der Waals surface area contributed by atoms with Crippen molar-refractivity contribution in [1.29, 1.82) is 0 Å². The van der Waals surface area contributed by atoms with Gasteiger partial charge in [-0.15, -0.1) is 0 Å². The van der Waals surface area contributed by atoms with Crippen molar-refractivity contribution in [3.05, 3.63) is 35.9 Å². The van der Waals surface area contributed by atoms with Gasteiger partial charge in [0.1, 0.15) is 5.75 Å². The first-order valence-electron chi connectivity index (χ1n) is 5.43. The van der Waals surface area contributed by atoms with Crippen LogP contribution >= 0.6 is 0 Å². The summed E-state index contributed by atoms with van der Waals surface area (Å²) in [7, 11) is 5.08. The van der Waals surface area contributed by atoms with E-state index in [0.717, 1.165) is 28.2 Å². The summed E-state index contributed by atoms with van der Waals surface area (Å²) >= 11 is 0. The van der Waals surface area contributed by atoms with Crippen LogP contribution in [0, 0.1) is 0 Å². The standard InChI is InChI=1S/C14H19NO2/c1-10(2)13-8-11(17-5)6-7-12(13)14(15-3)9-16-4/h6-8H,1,9H2,2-5H3. The lowest BCUT2D eigenvalue weighted by molar-refractivity contribution is 0.245. The lowest BCUT2D eigenvalue weighted by atomic mass is 9.98. The second-order valence-corrected chi connectivity index (χ2v) is 3.80. The molecule has 0 spiro atoms. The van der Waals surface area contributed by atoms with Gasteiger partial charge in [0.2, 0.25) is 0 Å². The molecule has 0 aromatic heterocycles. The molecule has 0 saturated heterocycles. The van der Waals surface area contributed by atoms with Gasteiger partial charge in [-0.25, -0.2) is 0 Å². The number of ether oxygens (including phenoxy) is 2. The molecule has 1 aromatic rings. The zero-order chi connectivity index (χ0) is 12.8. The molecule has 0 heterocycles. The van der Waals surface area contributed by atoms with Crippen molar-refractivity contribution in [2.24, 2.45) is 4.99 Å². The number of allylic oxidation sites excluding steroid dienone is 1. The average molecular weight is 233 g/mol. The monoisotopic (exact) mass is 233 g/mol. The molecular formula is C14H19NO2. The molecule has 3 nitrogen and oxygen atoms in total. The lowest BCUT2D eigenvalue weighted by Gasteiger charge is -2.13. The zero-order valence-corrected chi connectivity index (χ0v) is 10.9. The van der Waals surface area contributed by atoms with Gasteiger partial charge < -0.3 is 9.47 Å². The number of nitrogens with zero attached hydrogens (tertiary/aromatic N) is 1. The topological polar surface area (TPSA) is 30.8 Å².